The number of benzene rings is 3. The number of hydrogen-bond donors (Lipinski definition) is 0. The molecule has 0 saturated heterocycles. The Morgan fingerprint density at radius 2 is 1.13 bits per heavy atom. The number of rotatable bonds is 20. The molecule has 7 nitrogen and oxygen atoms in total. The summed E-state index contributed by atoms with van der Waals surface area (Å²) >= 11 is 6.25. The molecule has 0 heterocycles. The number of carbonyl (C=O) groups is 3. The molecule has 0 fully saturated rings. The van der Waals surface area contributed by atoms with Gasteiger partial charge in [-0.25, -0.2) is 14.4 Å². The normalized spacial score (nSPS) is 11.5. The highest BCUT2D eigenvalue weighted by Crippen LogP contribution is 2.25. The SMILES string of the molecule is CCCCCCCCCCCCOc1ccc(C(=O)Oc2ccc(C(=O)Oc3ccc(C(=O)OC[C@@H](C)CC)c(Cl)c3)cc2)cc1. The van der Waals surface area contributed by atoms with Crippen molar-refractivity contribution in [2.45, 2.75) is 91.4 Å². The lowest BCUT2D eigenvalue weighted by Gasteiger charge is -2.11. The largest absolute Gasteiger partial charge is 0.494 e. The molecule has 0 spiro atoms. The lowest BCUT2D eigenvalue weighted by atomic mass is 10.1. The van der Waals surface area contributed by atoms with E-state index in [1.54, 1.807) is 24.3 Å². The Morgan fingerprint density at radius 1 is 0.630 bits per heavy atom. The molecule has 0 radical (unpaired) electrons. The van der Waals surface area contributed by atoms with Crippen LogP contribution in [-0.2, 0) is 4.74 Å². The predicted octanol–water partition coefficient (Wildman–Crippen LogP) is 10.3. The number of halogens is 1. The molecule has 0 saturated carbocycles. The van der Waals surface area contributed by atoms with Gasteiger partial charge in [0.05, 0.1) is 34.9 Å². The van der Waals surface area contributed by atoms with Crippen LogP contribution in [0.2, 0.25) is 5.02 Å². The summed E-state index contributed by atoms with van der Waals surface area (Å²) in [5, 5.41) is 0.121. The number of unbranched alkanes of at least 4 members (excludes halogenated alkanes) is 9. The van der Waals surface area contributed by atoms with Gasteiger partial charge < -0.3 is 18.9 Å². The van der Waals surface area contributed by atoms with Crippen LogP contribution in [0.25, 0.3) is 0 Å². The third kappa shape index (κ3) is 12.9. The zero-order valence-corrected chi connectivity index (χ0v) is 28.1. The molecular formula is C38H47ClO7. The number of hydrogen-bond acceptors (Lipinski definition) is 7. The first-order chi connectivity index (χ1) is 22.3. The third-order valence-electron chi connectivity index (χ3n) is 7.72. The second kappa shape index (κ2) is 20.3. The molecular weight excluding hydrogens is 604 g/mol. The van der Waals surface area contributed by atoms with Crippen LogP contribution < -0.4 is 14.2 Å². The Hall–Kier alpha value is -3.84. The Labute approximate surface area is 278 Å². The Kier molecular flexibility index (Phi) is 16.2. The van der Waals surface area contributed by atoms with Crippen molar-refractivity contribution < 1.29 is 33.3 Å². The molecule has 1 atom stereocenters. The summed E-state index contributed by atoms with van der Waals surface area (Å²) in [6.45, 7) is 7.20. The van der Waals surface area contributed by atoms with E-state index in [4.69, 9.17) is 30.5 Å². The maximum atomic E-state index is 12.7. The van der Waals surface area contributed by atoms with E-state index in [-0.39, 0.29) is 33.6 Å². The van der Waals surface area contributed by atoms with Gasteiger partial charge in [-0.15, -0.1) is 0 Å². The molecule has 3 aromatic rings. The lowest BCUT2D eigenvalue weighted by molar-refractivity contribution is 0.0447. The molecule has 0 aliphatic carbocycles. The summed E-state index contributed by atoms with van der Waals surface area (Å²) in [6.07, 6.45) is 13.6. The van der Waals surface area contributed by atoms with Crippen LogP contribution in [0.15, 0.2) is 66.7 Å². The van der Waals surface area contributed by atoms with Gasteiger partial charge in [0, 0.05) is 6.07 Å². The fraction of sp³-hybridized carbons (Fsp3) is 0.447. The summed E-state index contributed by atoms with van der Waals surface area (Å²) in [5.41, 5.74) is 0.832. The van der Waals surface area contributed by atoms with E-state index in [0.717, 1.165) is 19.3 Å². The molecule has 0 amide bonds. The molecule has 0 unspecified atom stereocenters. The van der Waals surface area contributed by atoms with Crippen molar-refractivity contribution in [1.29, 1.82) is 0 Å². The molecule has 0 aliphatic rings. The van der Waals surface area contributed by atoms with Gasteiger partial charge >= 0.3 is 17.9 Å². The monoisotopic (exact) mass is 650 g/mol. The Balaban J connectivity index is 1.39. The maximum absolute atomic E-state index is 12.7. The molecule has 248 valence electrons. The van der Waals surface area contributed by atoms with Crippen LogP contribution in [0.3, 0.4) is 0 Å². The lowest BCUT2D eigenvalue weighted by Crippen LogP contribution is -2.12. The van der Waals surface area contributed by atoms with Gasteiger partial charge in [0.25, 0.3) is 0 Å². The van der Waals surface area contributed by atoms with Crippen molar-refractivity contribution in [3.63, 3.8) is 0 Å². The van der Waals surface area contributed by atoms with E-state index in [2.05, 4.69) is 6.92 Å². The summed E-state index contributed by atoms with van der Waals surface area (Å²) in [5.74, 6) is -0.257. The first-order valence-electron chi connectivity index (χ1n) is 16.5. The van der Waals surface area contributed by atoms with Crippen molar-refractivity contribution in [3.8, 4) is 17.2 Å². The molecule has 0 aliphatic heterocycles. The minimum atomic E-state index is -0.630. The summed E-state index contributed by atoms with van der Waals surface area (Å²) < 4.78 is 22.0. The molecule has 3 rings (SSSR count). The molecule has 3 aromatic carbocycles. The molecule has 0 bridgehead atoms. The van der Waals surface area contributed by atoms with Crippen LogP contribution >= 0.6 is 11.6 Å². The Morgan fingerprint density at radius 3 is 1.67 bits per heavy atom. The van der Waals surface area contributed by atoms with Crippen LogP contribution in [0.4, 0.5) is 0 Å². The number of carbonyl (C=O) groups excluding carboxylic acids is 3. The van der Waals surface area contributed by atoms with Crippen LogP contribution in [-0.4, -0.2) is 31.1 Å². The molecule has 0 N–H and O–H groups in total. The molecule has 0 aromatic heterocycles. The van der Waals surface area contributed by atoms with Gasteiger partial charge in [0.2, 0.25) is 0 Å². The first-order valence-corrected chi connectivity index (χ1v) is 16.9. The van der Waals surface area contributed by atoms with Crippen molar-refractivity contribution in [1.82, 2.24) is 0 Å². The van der Waals surface area contributed by atoms with E-state index in [9.17, 15) is 14.4 Å². The van der Waals surface area contributed by atoms with Crippen molar-refractivity contribution in [2.75, 3.05) is 13.2 Å². The summed E-state index contributed by atoms with van der Waals surface area (Å²) in [7, 11) is 0. The molecule has 46 heavy (non-hydrogen) atoms. The number of ether oxygens (including phenoxy) is 4. The average Bonchev–Trinajstić information content (AvgIpc) is 3.06. The summed E-state index contributed by atoms with van der Waals surface area (Å²) in [4.78, 5) is 37.6. The fourth-order valence-electron chi connectivity index (χ4n) is 4.60. The molecule has 8 heteroatoms. The van der Waals surface area contributed by atoms with E-state index in [0.29, 0.717) is 24.5 Å². The van der Waals surface area contributed by atoms with Gasteiger partial charge in [0.1, 0.15) is 17.2 Å². The highest BCUT2D eigenvalue weighted by Gasteiger charge is 2.16. The van der Waals surface area contributed by atoms with E-state index >= 15 is 0 Å². The fourth-order valence-corrected chi connectivity index (χ4v) is 4.84. The minimum absolute atomic E-state index is 0.121. The summed E-state index contributed by atoms with van der Waals surface area (Å²) in [6, 6.07) is 17.2. The Bertz CT molecular complexity index is 1370. The van der Waals surface area contributed by atoms with Gasteiger partial charge in [0.15, 0.2) is 0 Å². The standard InChI is InChI=1S/C38H47ClO7/c1-4-6-7-8-9-10-11-12-13-14-25-43-31-19-15-29(16-20-31)36(40)45-32-21-17-30(18-22-32)37(41)46-33-23-24-34(35(39)26-33)38(42)44-27-28(3)5-2/h15-24,26,28H,4-14,25,27H2,1-3H3/t28-/m0/s1. The minimum Gasteiger partial charge on any atom is -0.494 e. The topological polar surface area (TPSA) is 88.1 Å². The van der Waals surface area contributed by atoms with Gasteiger partial charge in [-0.05, 0) is 73.0 Å². The first kappa shape index (κ1) is 36.6. The van der Waals surface area contributed by atoms with Crippen molar-refractivity contribution >= 4 is 29.5 Å². The van der Waals surface area contributed by atoms with E-state index < -0.39 is 17.9 Å². The van der Waals surface area contributed by atoms with E-state index in [1.807, 2.05) is 13.8 Å². The van der Waals surface area contributed by atoms with Crippen LogP contribution in [0.5, 0.6) is 17.2 Å². The third-order valence-corrected chi connectivity index (χ3v) is 8.04. The highest BCUT2D eigenvalue weighted by molar-refractivity contribution is 6.33. The van der Waals surface area contributed by atoms with E-state index in [1.165, 1.54) is 93.8 Å². The maximum Gasteiger partial charge on any atom is 0.343 e. The van der Waals surface area contributed by atoms with Gasteiger partial charge in [-0.1, -0.05) is 96.6 Å². The number of esters is 3. The smallest absolute Gasteiger partial charge is 0.343 e. The van der Waals surface area contributed by atoms with Gasteiger partial charge in [-0.2, -0.15) is 0 Å². The zero-order valence-electron chi connectivity index (χ0n) is 27.4. The highest BCUT2D eigenvalue weighted by atomic mass is 35.5. The predicted molar refractivity (Wildman–Crippen MR) is 181 cm³/mol. The zero-order chi connectivity index (χ0) is 33.1. The second-order valence-corrected chi connectivity index (χ2v) is 12.0. The van der Waals surface area contributed by atoms with Crippen molar-refractivity contribution in [2.24, 2.45) is 5.92 Å². The average molecular weight is 651 g/mol. The second-order valence-electron chi connectivity index (χ2n) is 11.6. The van der Waals surface area contributed by atoms with Crippen molar-refractivity contribution in [3.05, 3.63) is 88.4 Å². The quantitative estimate of drug-likeness (QED) is 0.0683. The van der Waals surface area contributed by atoms with Gasteiger partial charge in [-0.3, -0.25) is 0 Å². The van der Waals surface area contributed by atoms with Crippen LogP contribution in [0.1, 0.15) is 122 Å². The van der Waals surface area contributed by atoms with Crippen LogP contribution in [0, 0.1) is 5.92 Å².